The van der Waals surface area contributed by atoms with E-state index in [2.05, 4.69) is 5.32 Å². The summed E-state index contributed by atoms with van der Waals surface area (Å²) in [6.07, 6.45) is 0.715. The lowest BCUT2D eigenvalue weighted by molar-refractivity contribution is -0.116. The van der Waals surface area contributed by atoms with Crippen LogP contribution < -0.4 is 5.32 Å². The maximum Gasteiger partial charge on any atom is 0.224 e. The van der Waals surface area contributed by atoms with Gasteiger partial charge in [0.15, 0.2) is 0 Å². The summed E-state index contributed by atoms with van der Waals surface area (Å²) in [4.78, 5) is 11.3. The number of amides is 1. The highest BCUT2D eigenvalue weighted by Gasteiger charge is 2.05. The van der Waals surface area contributed by atoms with E-state index in [9.17, 15) is 4.79 Å². The Labute approximate surface area is 98.0 Å². The lowest BCUT2D eigenvalue weighted by Gasteiger charge is -2.06. The van der Waals surface area contributed by atoms with E-state index >= 15 is 0 Å². The molecule has 0 radical (unpaired) electrons. The molecule has 0 bridgehead atoms. The van der Waals surface area contributed by atoms with Gasteiger partial charge in [-0.15, -0.1) is 0 Å². The van der Waals surface area contributed by atoms with Crippen LogP contribution in [-0.4, -0.2) is 17.6 Å². The second kappa shape index (κ2) is 5.95. The van der Waals surface area contributed by atoms with Gasteiger partial charge in [0.2, 0.25) is 5.91 Å². The number of benzene rings is 1. The van der Waals surface area contributed by atoms with Crippen molar-refractivity contribution in [2.75, 3.05) is 11.9 Å². The normalized spacial score (nSPS) is 10.1. The molecule has 1 rings (SSSR count). The molecule has 0 saturated heterocycles. The summed E-state index contributed by atoms with van der Waals surface area (Å²) in [6, 6.07) is 4.85. The number of aliphatic hydroxyl groups is 1. The average Bonchev–Trinajstić information content (AvgIpc) is 2.19. The average molecular weight is 248 g/mol. The van der Waals surface area contributed by atoms with E-state index in [0.717, 1.165) is 0 Å². The van der Waals surface area contributed by atoms with E-state index in [4.69, 9.17) is 28.3 Å². The summed E-state index contributed by atoms with van der Waals surface area (Å²) in [7, 11) is 0. The fourth-order valence-corrected chi connectivity index (χ4v) is 1.50. The smallest absolute Gasteiger partial charge is 0.224 e. The Morgan fingerprint density at radius 3 is 2.73 bits per heavy atom. The Bertz CT molecular complexity index is 355. The largest absolute Gasteiger partial charge is 0.396 e. The van der Waals surface area contributed by atoms with Gasteiger partial charge in [0.05, 0.1) is 10.7 Å². The molecular weight excluding hydrogens is 237 g/mol. The Hall–Kier alpha value is -0.770. The van der Waals surface area contributed by atoms with Crippen molar-refractivity contribution < 1.29 is 9.90 Å². The molecule has 0 unspecified atom stereocenters. The van der Waals surface area contributed by atoms with Gasteiger partial charge in [-0.1, -0.05) is 23.2 Å². The highest BCUT2D eigenvalue weighted by molar-refractivity contribution is 6.36. The van der Waals surface area contributed by atoms with Gasteiger partial charge in [0.25, 0.3) is 0 Å². The number of hydrogen-bond donors (Lipinski definition) is 2. The van der Waals surface area contributed by atoms with Crippen molar-refractivity contribution in [2.24, 2.45) is 0 Å². The maximum atomic E-state index is 11.3. The van der Waals surface area contributed by atoms with Gasteiger partial charge < -0.3 is 10.4 Å². The minimum Gasteiger partial charge on any atom is -0.396 e. The molecule has 15 heavy (non-hydrogen) atoms. The first kappa shape index (κ1) is 12.3. The Morgan fingerprint density at radius 2 is 2.13 bits per heavy atom. The zero-order valence-corrected chi connectivity index (χ0v) is 9.48. The molecule has 0 aliphatic carbocycles. The topological polar surface area (TPSA) is 49.3 Å². The number of halogens is 2. The van der Waals surface area contributed by atoms with E-state index < -0.39 is 0 Å². The molecule has 0 aliphatic heterocycles. The van der Waals surface area contributed by atoms with Crippen LogP contribution in [0, 0.1) is 0 Å². The molecule has 1 aromatic carbocycles. The fraction of sp³-hybridized carbons (Fsp3) is 0.300. The second-order valence-corrected chi connectivity index (χ2v) is 3.84. The van der Waals surface area contributed by atoms with Gasteiger partial charge in [-0.05, 0) is 24.6 Å². The van der Waals surface area contributed by atoms with Crippen molar-refractivity contribution in [2.45, 2.75) is 12.8 Å². The minimum atomic E-state index is -0.173. The summed E-state index contributed by atoms with van der Waals surface area (Å²) >= 11 is 11.6. The summed E-state index contributed by atoms with van der Waals surface area (Å²) in [6.45, 7) is 0.00176. The fourth-order valence-electron chi connectivity index (χ4n) is 1.04. The van der Waals surface area contributed by atoms with Crippen molar-refractivity contribution >= 4 is 34.8 Å². The van der Waals surface area contributed by atoms with Crippen molar-refractivity contribution in [1.82, 2.24) is 0 Å². The quantitative estimate of drug-likeness (QED) is 0.860. The number of carbonyl (C=O) groups excluding carboxylic acids is 1. The van der Waals surface area contributed by atoms with Crippen LogP contribution in [0.3, 0.4) is 0 Å². The van der Waals surface area contributed by atoms with Crippen LogP contribution in [-0.2, 0) is 4.79 Å². The van der Waals surface area contributed by atoms with Crippen LogP contribution in [0.25, 0.3) is 0 Å². The molecule has 1 amide bonds. The molecule has 0 saturated carbocycles. The van der Waals surface area contributed by atoms with Gasteiger partial charge >= 0.3 is 0 Å². The third kappa shape index (κ3) is 4.08. The second-order valence-electron chi connectivity index (χ2n) is 3.00. The lowest BCUT2D eigenvalue weighted by Crippen LogP contribution is -2.11. The van der Waals surface area contributed by atoms with E-state index in [1.165, 1.54) is 0 Å². The number of hydrogen-bond acceptors (Lipinski definition) is 2. The molecule has 0 fully saturated rings. The molecular formula is C10H11Cl2NO2. The first-order valence-electron chi connectivity index (χ1n) is 4.49. The van der Waals surface area contributed by atoms with E-state index in [-0.39, 0.29) is 18.9 Å². The SMILES string of the molecule is O=C(CCCO)Nc1ccc(Cl)cc1Cl. The third-order valence-electron chi connectivity index (χ3n) is 1.77. The molecule has 1 aromatic rings. The van der Waals surface area contributed by atoms with Crippen LogP contribution >= 0.6 is 23.2 Å². The molecule has 0 spiro atoms. The van der Waals surface area contributed by atoms with Gasteiger partial charge in [0.1, 0.15) is 0 Å². The molecule has 0 heterocycles. The monoisotopic (exact) mass is 247 g/mol. The first-order chi connectivity index (χ1) is 7.13. The Morgan fingerprint density at radius 1 is 1.40 bits per heavy atom. The molecule has 82 valence electrons. The number of carbonyl (C=O) groups is 1. The van der Waals surface area contributed by atoms with Crippen LogP contribution in [0.2, 0.25) is 10.0 Å². The van der Waals surface area contributed by atoms with Crippen LogP contribution in [0.1, 0.15) is 12.8 Å². The van der Waals surface area contributed by atoms with Crippen molar-refractivity contribution in [3.63, 3.8) is 0 Å². The number of anilines is 1. The molecule has 2 N–H and O–H groups in total. The van der Waals surface area contributed by atoms with Crippen LogP contribution in [0.5, 0.6) is 0 Å². The standard InChI is InChI=1S/C10H11Cl2NO2/c11-7-3-4-9(8(12)6-7)13-10(15)2-1-5-14/h3-4,6,14H,1-2,5H2,(H,13,15). The highest BCUT2D eigenvalue weighted by Crippen LogP contribution is 2.25. The summed E-state index contributed by atoms with van der Waals surface area (Å²) < 4.78 is 0. The van der Waals surface area contributed by atoms with Crippen molar-refractivity contribution in [3.05, 3.63) is 28.2 Å². The number of rotatable bonds is 4. The number of nitrogens with one attached hydrogen (secondary N) is 1. The van der Waals surface area contributed by atoms with Crippen molar-refractivity contribution in [3.8, 4) is 0 Å². The summed E-state index contributed by atoms with van der Waals surface area (Å²) in [5, 5.41) is 12.1. The van der Waals surface area contributed by atoms with E-state index in [1.807, 2.05) is 0 Å². The summed E-state index contributed by atoms with van der Waals surface area (Å²) in [5.41, 5.74) is 0.531. The van der Waals surface area contributed by atoms with Gasteiger partial charge in [-0.2, -0.15) is 0 Å². The Balaban J connectivity index is 2.60. The molecule has 3 nitrogen and oxygen atoms in total. The van der Waals surface area contributed by atoms with Gasteiger partial charge in [-0.25, -0.2) is 0 Å². The number of aliphatic hydroxyl groups excluding tert-OH is 1. The molecule has 0 aromatic heterocycles. The minimum absolute atomic E-state index is 0.00176. The summed E-state index contributed by atoms with van der Waals surface area (Å²) in [5.74, 6) is -0.173. The molecule has 5 heteroatoms. The predicted octanol–water partition coefficient (Wildman–Crippen LogP) is 2.70. The van der Waals surface area contributed by atoms with Gasteiger partial charge in [0, 0.05) is 18.1 Å². The van der Waals surface area contributed by atoms with E-state index in [0.29, 0.717) is 22.2 Å². The van der Waals surface area contributed by atoms with E-state index in [1.54, 1.807) is 18.2 Å². The first-order valence-corrected chi connectivity index (χ1v) is 5.25. The maximum absolute atomic E-state index is 11.3. The van der Waals surface area contributed by atoms with Crippen molar-refractivity contribution in [1.29, 1.82) is 0 Å². The third-order valence-corrected chi connectivity index (χ3v) is 2.31. The lowest BCUT2D eigenvalue weighted by atomic mass is 10.2. The Kier molecular flexibility index (Phi) is 4.88. The van der Waals surface area contributed by atoms with Crippen LogP contribution in [0.15, 0.2) is 18.2 Å². The van der Waals surface area contributed by atoms with Gasteiger partial charge in [-0.3, -0.25) is 4.79 Å². The molecule has 0 aliphatic rings. The zero-order valence-electron chi connectivity index (χ0n) is 7.96. The zero-order chi connectivity index (χ0) is 11.3. The van der Waals surface area contributed by atoms with Crippen LogP contribution in [0.4, 0.5) is 5.69 Å². The highest BCUT2D eigenvalue weighted by atomic mass is 35.5. The predicted molar refractivity (Wildman–Crippen MR) is 61.4 cm³/mol. The molecule has 0 atom stereocenters.